The molecule has 1 aliphatic heterocycles. The minimum Gasteiger partial charge on any atom is -0.484 e. The lowest BCUT2D eigenvalue weighted by Crippen LogP contribution is -2.51. The molecule has 0 atom stereocenters. The van der Waals surface area contributed by atoms with Crippen LogP contribution in [0.15, 0.2) is 53.4 Å². The number of carbonyl (C=O) groups is 1. The molecule has 0 saturated carbocycles. The third-order valence-corrected chi connectivity index (χ3v) is 6.59. The van der Waals surface area contributed by atoms with Gasteiger partial charge in [0.05, 0.1) is 4.90 Å². The van der Waals surface area contributed by atoms with E-state index in [0.717, 1.165) is 18.1 Å². The molecule has 2 aromatic rings. The van der Waals surface area contributed by atoms with Crippen LogP contribution in [0.4, 0.5) is 4.39 Å². The van der Waals surface area contributed by atoms with Gasteiger partial charge in [-0.3, -0.25) is 4.79 Å². The first-order chi connectivity index (χ1) is 13.4. The van der Waals surface area contributed by atoms with Gasteiger partial charge >= 0.3 is 0 Å². The normalized spacial score (nSPS) is 15.4. The molecule has 1 heterocycles. The molecule has 0 aliphatic carbocycles. The van der Waals surface area contributed by atoms with Crippen LogP contribution in [-0.2, 0) is 21.2 Å². The molecule has 3 rings (SSSR count). The minimum atomic E-state index is -3.77. The highest BCUT2D eigenvalue weighted by atomic mass is 32.2. The van der Waals surface area contributed by atoms with Crippen molar-refractivity contribution in [3.8, 4) is 5.75 Å². The highest BCUT2D eigenvalue weighted by Crippen LogP contribution is 2.19. The first-order valence-corrected chi connectivity index (χ1v) is 10.6. The summed E-state index contributed by atoms with van der Waals surface area (Å²) < 4.78 is 45.4. The number of hydrogen-bond acceptors (Lipinski definition) is 4. The molecular formula is C20H23FN2O4S. The fourth-order valence-corrected chi connectivity index (χ4v) is 4.50. The highest BCUT2D eigenvalue weighted by molar-refractivity contribution is 7.89. The molecule has 1 amide bonds. The van der Waals surface area contributed by atoms with Gasteiger partial charge in [-0.2, -0.15) is 4.31 Å². The van der Waals surface area contributed by atoms with Gasteiger partial charge in [0.1, 0.15) is 11.6 Å². The first kappa shape index (κ1) is 20.3. The number of halogens is 1. The molecule has 150 valence electrons. The zero-order chi connectivity index (χ0) is 20.1. The summed E-state index contributed by atoms with van der Waals surface area (Å²) in [7, 11) is -3.77. The summed E-state index contributed by atoms with van der Waals surface area (Å²) >= 11 is 0. The molecule has 1 fully saturated rings. The second kappa shape index (κ2) is 8.70. The number of nitrogens with zero attached hydrogens (tertiary/aromatic N) is 2. The van der Waals surface area contributed by atoms with Crippen molar-refractivity contribution >= 4 is 15.9 Å². The Morgan fingerprint density at radius 2 is 1.79 bits per heavy atom. The van der Waals surface area contributed by atoms with Crippen molar-refractivity contribution in [3.05, 3.63) is 59.9 Å². The van der Waals surface area contributed by atoms with Crippen molar-refractivity contribution in [2.45, 2.75) is 18.2 Å². The summed E-state index contributed by atoms with van der Waals surface area (Å²) in [6.45, 7) is 2.81. The fraction of sp³-hybridized carbons (Fsp3) is 0.350. The van der Waals surface area contributed by atoms with Crippen molar-refractivity contribution < 1.29 is 22.3 Å². The minimum absolute atomic E-state index is 0.0774. The van der Waals surface area contributed by atoms with E-state index in [1.54, 1.807) is 11.0 Å². The molecule has 8 heteroatoms. The van der Waals surface area contributed by atoms with Crippen LogP contribution in [0.3, 0.4) is 0 Å². The molecule has 0 spiro atoms. The van der Waals surface area contributed by atoms with E-state index < -0.39 is 15.8 Å². The Balaban J connectivity index is 1.55. The quantitative estimate of drug-likeness (QED) is 0.738. The van der Waals surface area contributed by atoms with Gasteiger partial charge < -0.3 is 9.64 Å². The SMILES string of the molecule is CCc1cccc(OCC(=O)N2CCN(S(=O)(=O)c3cccc(F)c3)CC2)c1. The van der Waals surface area contributed by atoms with Gasteiger partial charge in [0, 0.05) is 26.2 Å². The van der Waals surface area contributed by atoms with Gasteiger partial charge in [-0.05, 0) is 42.3 Å². The zero-order valence-electron chi connectivity index (χ0n) is 15.7. The monoisotopic (exact) mass is 406 g/mol. The summed E-state index contributed by atoms with van der Waals surface area (Å²) in [5.41, 5.74) is 1.13. The molecule has 2 aromatic carbocycles. The predicted molar refractivity (Wildman–Crippen MR) is 103 cm³/mol. The molecule has 0 radical (unpaired) electrons. The van der Waals surface area contributed by atoms with Crippen LogP contribution in [0, 0.1) is 5.82 Å². The van der Waals surface area contributed by atoms with Crippen molar-refractivity contribution in [2.75, 3.05) is 32.8 Å². The number of rotatable bonds is 6. The maximum Gasteiger partial charge on any atom is 0.260 e. The van der Waals surface area contributed by atoms with Crippen molar-refractivity contribution in [2.24, 2.45) is 0 Å². The molecule has 28 heavy (non-hydrogen) atoms. The Morgan fingerprint density at radius 1 is 1.07 bits per heavy atom. The molecule has 1 aliphatic rings. The fourth-order valence-electron chi connectivity index (χ4n) is 3.05. The van der Waals surface area contributed by atoms with Crippen LogP contribution < -0.4 is 4.74 Å². The van der Waals surface area contributed by atoms with E-state index in [1.807, 2.05) is 25.1 Å². The first-order valence-electron chi connectivity index (χ1n) is 9.15. The highest BCUT2D eigenvalue weighted by Gasteiger charge is 2.30. The van der Waals surface area contributed by atoms with Gasteiger partial charge in [-0.1, -0.05) is 25.1 Å². The third kappa shape index (κ3) is 4.69. The molecular weight excluding hydrogens is 383 g/mol. The standard InChI is InChI=1S/C20H23FN2O4S/c1-2-16-5-3-7-18(13-16)27-15-20(24)22-9-11-23(12-10-22)28(25,26)19-8-4-6-17(21)14-19/h3-8,13-14H,2,9-12,15H2,1H3. The lowest BCUT2D eigenvalue weighted by Gasteiger charge is -2.34. The predicted octanol–water partition coefficient (Wildman–Crippen LogP) is 2.30. The van der Waals surface area contributed by atoms with Crippen LogP contribution in [0.25, 0.3) is 0 Å². The lowest BCUT2D eigenvalue weighted by atomic mass is 10.2. The van der Waals surface area contributed by atoms with Crippen LogP contribution in [0.5, 0.6) is 5.75 Å². The number of amides is 1. The maximum absolute atomic E-state index is 13.4. The topological polar surface area (TPSA) is 66.9 Å². The summed E-state index contributed by atoms with van der Waals surface area (Å²) in [6, 6.07) is 12.5. The lowest BCUT2D eigenvalue weighted by molar-refractivity contribution is -0.134. The molecule has 0 N–H and O–H groups in total. The van der Waals surface area contributed by atoms with E-state index in [2.05, 4.69) is 0 Å². The Bertz CT molecular complexity index is 941. The smallest absolute Gasteiger partial charge is 0.260 e. The van der Waals surface area contributed by atoms with Crippen molar-refractivity contribution in [1.29, 1.82) is 0 Å². The summed E-state index contributed by atoms with van der Waals surface area (Å²) in [4.78, 5) is 13.9. The summed E-state index contributed by atoms with van der Waals surface area (Å²) in [5, 5.41) is 0. The van der Waals surface area contributed by atoms with Crippen molar-refractivity contribution in [3.63, 3.8) is 0 Å². The van der Waals surface area contributed by atoms with Crippen LogP contribution >= 0.6 is 0 Å². The molecule has 6 nitrogen and oxygen atoms in total. The van der Waals surface area contributed by atoms with Crippen molar-refractivity contribution in [1.82, 2.24) is 9.21 Å². The average molecular weight is 406 g/mol. The van der Waals surface area contributed by atoms with E-state index in [9.17, 15) is 17.6 Å². The number of hydrogen-bond donors (Lipinski definition) is 0. The second-order valence-corrected chi connectivity index (χ2v) is 8.47. The number of aryl methyl sites for hydroxylation is 1. The third-order valence-electron chi connectivity index (χ3n) is 4.69. The Hall–Kier alpha value is -2.45. The van der Waals surface area contributed by atoms with E-state index in [0.29, 0.717) is 5.75 Å². The number of sulfonamides is 1. The Kier molecular flexibility index (Phi) is 6.31. The molecule has 0 aromatic heterocycles. The largest absolute Gasteiger partial charge is 0.484 e. The summed E-state index contributed by atoms with van der Waals surface area (Å²) in [5.74, 6) is -0.149. The zero-order valence-corrected chi connectivity index (χ0v) is 16.5. The Labute approximate surface area is 164 Å². The van der Waals surface area contributed by atoms with Gasteiger partial charge in [0.15, 0.2) is 6.61 Å². The molecule has 0 unspecified atom stereocenters. The van der Waals surface area contributed by atoms with E-state index in [4.69, 9.17) is 4.74 Å². The van der Waals surface area contributed by atoms with Gasteiger partial charge in [-0.25, -0.2) is 12.8 Å². The van der Waals surface area contributed by atoms with E-state index >= 15 is 0 Å². The van der Waals surface area contributed by atoms with Gasteiger partial charge in [0.2, 0.25) is 10.0 Å². The average Bonchev–Trinajstić information content (AvgIpc) is 2.72. The van der Waals surface area contributed by atoms with E-state index in [-0.39, 0.29) is 43.6 Å². The van der Waals surface area contributed by atoms with Gasteiger partial charge in [0.25, 0.3) is 5.91 Å². The second-order valence-electron chi connectivity index (χ2n) is 6.53. The Morgan fingerprint density at radius 3 is 2.46 bits per heavy atom. The van der Waals surface area contributed by atoms with Crippen LogP contribution in [0.1, 0.15) is 12.5 Å². The summed E-state index contributed by atoms with van der Waals surface area (Å²) in [6.07, 6.45) is 0.882. The van der Waals surface area contributed by atoms with E-state index in [1.165, 1.54) is 22.5 Å². The van der Waals surface area contributed by atoms with Crippen LogP contribution in [0.2, 0.25) is 0 Å². The van der Waals surface area contributed by atoms with Gasteiger partial charge in [-0.15, -0.1) is 0 Å². The number of ether oxygens (including phenoxy) is 1. The van der Waals surface area contributed by atoms with Crippen LogP contribution in [-0.4, -0.2) is 56.3 Å². The number of piperazine rings is 1. The molecule has 0 bridgehead atoms. The number of benzene rings is 2. The number of carbonyl (C=O) groups excluding carboxylic acids is 1. The maximum atomic E-state index is 13.4. The molecule has 1 saturated heterocycles.